The molecular formula is C16H19N5O2S. The predicted molar refractivity (Wildman–Crippen MR) is 93.6 cm³/mol. The van der Waals surface area contributed by atoms with Crippen molar-refractivity contribution in [1.29, 1.82) is 0 Å². The topological polar surface area (TPSA) is 88.9 Å². The van der Waals surface area contributed by atoms with Crippen molar-refractivity contribution < 1.29 is 9.59 Å². The van der Waals surface area contributed by atoms with Gasteiger partial charge in [-0.15, -0.1) is 16.8 Å². The Labute approximate surface area is 144 Å². The Morgan fingerprint density at radius 2 is 2.04 bits per heavy atom. The van der Waals surface area contributed by atoms with Gasteiger partial charge < -0.3 is 9.88 Å². The molecule has 0 unspecified atom stereocenters. The Bertz CT molecular complexity index is 715. The first-order valence-electron chi connectivity index (χ1n) is 7.45. The fourth-order valence-corrected chi connectivity index (χ4v) is 2.79. The van der Waals surface area contributed by atoms with E-state index in [1.165, 1.54) is 17.8 Å². The van der Waals surface area contributed by atoms with Gasteiger partial charge in [-0.05, 0) is 6.92 Å². The van der Waals surface area contributed by atoms with Gasteiger partial charge in [-0.1, -0.05) is 48.2 Å². The molecular weight excluding hydrogens is 326 g/mol. The molecule has 3 amide bonds. The maximum absolute atomic E-state index is 11.8. The van der Waals surface area contributed by atoms with Crippen LogP contribution in [-0.2, 0) is 11.3 Å². The lowest BCUT2D eigenvalue weighted by Crippen LogP contribution is -2.40. The molecule has 0 aliphatic heterocycles. The highest BCUT2D eigenvalue weighted by atomic mass is 32.2. The standard InChI is InChI=1S/C16H19N5O2S/c1-3-10-17-15(23)18-13(22)11-24-16-20-19-14(21(16)4-2)12-8-6-5-7-9-12/h3,5-9H,1,4,10-11H2,2H3,(H2,17,18,22,23). The molecule has 2 N–H and O–H groups in total. The third-order valence-electron chi connectivity index (χ3n) is 3.06. The van der Waals surface area contributed by atoms with Gasteiger partial charge >= 0.3 is 6.03 Å². The van der Waals surface area contributed by atoms with E-state index in [2.05, 4.69) is 27.4 Å². The molecule has 2 aromatic rings. The number of hydrogen-bond donors (Lipinski definition) is 2. The van der Waals surface area contributed by atoms with E-state index >= 15 is 0 Å². The zero-order valence-corrected chi connectivity index (χ0v) is 14.2. The minimum atomic E-state index is -0.539. The molecule has 24 heavy (non-hydrogen) atoms. The number of imide groups is 1. The number of thioether (sulfide) groups is 1. The molecule has 2 rings (SSSR count). The molecule has 0 bridgehead atoms. The highest BCUT2D eigenvalue weighted by molar-refractivity contribution is 7.99. The van der Waals surface area contributed by atoms with Crippen LogP contribution in [0.1, 0.15) is 6.92 Å². The second-order valence-corrected chi connectivity index (χ2v) is 5.69. The lowest BCUT2D eigenvalue weighted by molar-refractivity contribution is -0.117. The Morgan fingerprint density at radius 3 is 2.71 bits per heavy atom. The van der Waals surface area contributed by atoms with Gasteiger partial charge in [0.1, 0.15) is 0 Å². The molecule has 0 aliphatic rings. The average Bonchev–Trinajstić information content (AvgIpc) is 3.01. The number of nitrogens with zero attached hydrogens (tertiary/aromatic N) is 3. The van der Waals surface area contributed by atoms with Gasteiger partial charge in [0.05, 0.1) is 5.75 Å². The first-order valence-corrected chi connectivity index (χ1v) is 8.44. The van der Waals surface area contributed by atoms with E-state index in [1.807, 2.05) is 41.8 Å². The Balaban J connectivity index is 1.98. The number of urea groups is 1. The third-order valence-corrected chi connectivity index (χ3v) is 4.02. The van der Waals surface area contributed by atoms with Crippen LogP contribution in [0.4, 0.5) is 4.79 Å². The Kier molecular flexibility index (Phi) is 6.56. The van der Waals surface area contributed by atoms with Gasteiger partial charge in [0.2, 0.25) is 5.91 Å². The highest BCUT2D eigenvalue weighted by Gasteiger charge is 2.15. The van der Waals surface area contributed by atoms with Gasteiger partial charge in [0.25, 0.3) is 0 Å². The molecule has 1 heterocycles. The quantitative estimate of drug-likeness (QED) is 0.592. The first-order chi connectivity index (χ1) is 11.7. The van der Waals surface area contributed by atoms with E-state index in [-0.39, 0.29) is 5.75 Å². The number of aromatic nitrogens is 3. The van der Waals surface area contributed by atoms with Crippen LogP contribution in [0, 0.1) is 0 Å². The largest absolute Gasteiger partial charge is 0.334 e. The summed E-state index contributed by atoms with van der Waals surface area (Å²) in [5, 5.41) is 13.7. The zero-order valence-electron chi connectivity index (χ0n) is 13.4. The van der Waals surface area contributed by atoms with Crippen molar-refractivity contribution in [3.8, 4) is 11.4 Å². The smallest absolute Gasteiger partial charge is 0.321 e. The molecule has 8 heteroatoms. The molecule has 0 atom stereocenters. The maximum atomic E-state index is 11.8. The lowest BCUT2D eigenvalue weighted by Gasteiger charge is -2.07. The second-order valence-electron chi connectivity index (χ2n) is 4.75. The number of amides is 3. The number of hydrogen-bond acceptors (Lipinski definition) is 5. The van der Waals surface area contributed by atoms with Crippen molar-refractivity contribution >= 4 is 23.7 Å². The van der Waals surface area contributed by atoms with Gasteiger partial charge in [-0.3, -0.25) is 10.1 Å². The van der Waals surface area contributed by atoms with Crippen molar-refractivity contribution in [2.45, 2.75) is 18.6 Å². The van der Waals surface area contributed by atoms with Crippen LogP contribution in [0.2, 0.25) is 0 Å². The Morgan fingerprint density at radius 1 is 1.29 bits per heavy atom. The number of rotatable bonds is 7. The summed E-state index contributed by atoms with van der Waals surface area (Å²) in [5.74, 6) is 0.437. The van der Waals surface area contributed by atoms with Gasteiger partial charge in [-0.25, -0.2) is 4.79 Å². The van der Waals surface area contributed by atoms with Crippen molar-refractivity contribution in [2.75, 3.05) is 12.3 Å². The van der Waals surface area contributed by atoms with Crippen LogP contribution in [0.5, 0.6) is 0 Å². The van der Waals surface area contributed by atoms with E-state index < -0.39 is 11.9 Å². The van der Waals surface area contributed by atoms with Gasteiger partial charge in [-0.2, -0.15) is 0 Å². The molecule has 126 valence electrons. The van der Waals surface area contributed by atoms with E-state index in [1.54, 1.807) is 0 Å². The minimum absolute atomic E-state index is 0.0778. The number of carbonyl (C=O) groups is 2. The molecule has 1 aromatic carbocycles. The van der Waals surface area contributed by atoms with E-state index in [0.717, 1.165) is 11.4 Å². The van der Waals surface area contributed by atoms with E-state index in [4.69, 9.17) is 0 Å². The van der Waals surface area contributed by atoms with Crippen LogP contribution in [0.15, 0.2) is 48.1 Å². The van der Waals surface area contributed by atoms with Gasteiger partial charge in [0.15, 0.2) is 11.0 Å². The summed E-state index contributed by atoms with van der Waals surface area (Å²) in [4.78, 5) is 23.2. The molecule has 0 spiro atoms. The summed E-state index contributed by atoms with van der Waals surface area (Å²) in [7, 11) is 0. The van der Waals surface area contributed by atoms with Crippen LogP contribution in [-0.4, -0.2) is 39.0 Å². The molecule has 0 saturated heterocycles. The van der Waals surface area contributed by atoms with E-state index in [9.17, 15) is 9.59 Å². The number of carbonyl (C=O) groups excluding carboxylic acids is 2. The molecule has 0 radical (unpaired) electrons. The van der Waals surface area contributed by atoms with Crippen molar-refractivity contribution in [2.24, 2.45) is 0 Å². The summed E-state index contributed by atoms with van der Waals surface area (Å²) in [5.41, 5.74) is 0.965. The first kappa shape index (κ1) is 17.7. The zero-order chi connectivity index (χ0) is 17.4. The van der Waals surface area contributed by atoms with Crippen LogP contribution < -0.4 is 10.6 Å². The summed E-state index contributed by atoms with van der Waals surface area (Å²) in [6.07, 6.45) is 1.54. The lowest BCUT2D eigenvalue weighted by atomic mass is 10.2. The molecule has 1 aromatic heterocycles. The molecule has 0 fully saturated rings. The maximum Gasteiger partial charge on any atom is 0.321 e. The van der Waals surface area contributed by atoms with Crippen LogP contribution >= 0.6 is 11.8 Å². The normalized spacial score (nSPS) is 10.2. The summed E-state index contributed by atoms with van der Waals surface area (Å²) >= 11 is 1.24. The minimum Gasteiger partial charge on any atom is -0.334 e. The van der Waals surface area contributed by atoms with E-state index in [0.29, 0.717) is 18.2 Å². The van der Waals surface area contributed by atoms with Crippen LogP contribution in [0.3, 0.4) is 0 Å². The second kappa shape index (κ2) is 8.88. The van der Waals surface area contributed by atoms with Crippen molar-refractivity contribution in [3.63, 3.8) is 0 Å². The number of benzene rings is 1. The van der Waals surface area contributed by atoms with Gasteiger partial charge in [0, 0.05) is 18.7 Å². The molecule has 7 nitrogen and oxygen atoms in total. The van der Waals surface area contributed by atoms with Crippen LogP contribution in [0.25, 0.3) is 11.4 Å². The fourth-order valence-electron chi connectivity index (χ4n) is 1.98. The van der Waals surface area contributed by atoms with Crippen molar-refractivity contribution in [3.05, 3.63) is 43.0 Å². The third kappa shape index (κ3) is 4.69. The fraction of sp³-hybridized carbons (Fsp3) is 0.250. The summed E-state index contributed by atoms with van der Waals surface area (Å²) < 4.78 is 1.94. The predicted octanol–water partition coefficient (Wildman–Crippen LogP) is 2.07. The molecule has 0 saturated carbocycles. The molecule has 0 aliphatic carbocycles. The average molecular weight is 345 g/mol. The highest BCUT2D eigenvalue weighted by Crippen LogP contribution is 2.23. The SMILES string of the molecule is C=CCNC(=O)NC(=O)CSc1nnc(-c2ccccc2)n1CC. The number of nitrogens with one attached hydrogen (secondary N) is 2. The van der Waals surface area contributed by atoms with Crippen molar-refractivity contribution in [1.82, 2.24) is 25.4 Å². The summed E-state index contributed by atoms with van der Waals surface area (Å²) in [6, 6.07) is 9.19. The summed E-state index contributed by atoms with van der Waals surface area (Å²) in [6.45, 7) is 6.46. The Hall–Kier alpha value is -2.61. The monoisotopic (exact) mass is 345 g/mol.